The van der Waals surface area contributed by atoms with Gasteiger partial charge in [0, 0.05) is 6.54 Å². The van der Waals surface area contributed by atoms with Gasteiger partial charge in [-0.15, -0.1) is 6.58 Å². The standard InChI is InChI=1S/C9H10N2O4/c1-3-4-10-7(13)8(14)11(9(10)15)5-6(2)12/h3H,1,4-5H2,2H3. The van der Waals surface area contributed by atoms with Gasteiger partial charge in [0.1, 0.15) is 5.78 Å². The first kappa shape index (κ1) is 11.1. The van der Waals surface area contributed by atoms with Gasteiger partial charge < -0.3 is 0 Å². The van der Waals surface area contributed by atoms with E-state index < -0.39 is 17.8 Å². The van der Waals surface area contributed by atoms with Crippen molar-refractivity contribution in [2.45, 2.75) is 6.92 Å². The van der Waals surface area contributed by atoms with E-state index in [0.29, 0.717) is 4.90 Å². The minimum absolute atomic E-state index is 0.0299. The van der Waals surface area contributed by atoms with Crippen LogP contribution in [0.25, 0.3) is 0 Å². The Morgan fingerprint density at radius 1 is 1.27 bits per heavy atom. The molecule has 0 radical (unpaired) electrons. The maximum Gasteiger partial charge on any atom is 0.334 e. The first-order valence-corrected chi connectivity index (χ1v) is 4.26. The van der Waals surface area contributed by atoms with Gasteiger partial charge in [0.2, 0.25) is 0 Å². The summed E-state index contributed by atoms with van der Waals surface area (Å²) in [6.45, 7) is 4.20. The summed E-state index contributed by atoms with van der Waals surface area (Å²) in [4.78, 5) is 46.1. The summed E-state index contributed by atoms with van der Waals surface area (Å²) in [5.74, 6) is -2.23. The molecule has 4 amide bonds. The molecule has 0 aromatic rings. The molecular weight excluding hydrogens is 200 g/mol. The van der Waals surface area contributed by atoms with Crippen molar-refractivity contribution in [1.29, 1.82) is 0 Å². The minimum Gasteiger partial charge on any atom is -0.298 e. The van der Waals surface area contributed by atoms with Crippen LogP contribution in [0, 0.1) is 0 Å². The molecule has 0 aromatic carbocycles. The lowest BCUT2D eigenvalue weighted by atomic mass is 10.4. The van der Waals surface area contributed by atoms with Gasteiger partial charge in [0.05, 0.1) is 6.54 Å². The van der Waals surface area contributed by atoms with Crippen molar-refractivity contribution in [2.24, 2.45) is 0 Å². The van der Waals surface area contributed by atoms with Crippen LogP contribution in [-0.4, -0.2) is 46.5 Å². The van der Waals surface area contributed by atoms with Crippen LogP contribution in [0.1, 0.15) is 6.92 Å². The molecule has 0 saturated carbocycles. The summed E-state index contributed by atoms with van der Waals surface area (Å²) in [7, 11) is 0. The molecule has 0 N–H and O–H groups in total. The quantitative estimate of drug-likeness (QED) is 0.358. The number of carbonyl (C=O) groups is 4. The zero-order valence-electron chi connectivity index (χ0n) is 8.23. The Morgan fingerprint density at radius 2 is 1.80 bits per heavy atom. The number of carbonyl (C=O) groups excluding carboxylic acids is 4. The number of rotatable bonds is 4. The van der Waals surface area contributed by atoms with E-state index in [2.05, 4.69) is 6.58 Å². The Hall–Kier alpha value is -1.98. The lowest BCUT2D eigenvalue weighted by Crippen LogP contribution is -2.36. The Labute approximate surface area is 86.1 Å². The molecule has 15 heavy (non-hydrogen) atoms. The number of hydrogen-bond acceptors (Lipinski definition) is 4. The normalized spacial score (nSPS) is 16.2. The van der Waals surface area contributed by atoms with Crippen LogP contribution >= 0.6 is 0 Å². The Morgan fingerprint density at radius 3 is 2.27 bits per heavy atom. The highest BCUT2D eigenvalue weighted by Gasteiger charge is 2.43. The lowest BCUT2D eigenvalue weighted by molar-refractivity contribution is -0.143. The van der Waals surface area contributed by atoms with E-state index in [-0.39, 0.29) is 18.9 Å². The fourth-order valence-corrected chi connectivity index (χ4v) is 1.20. The van der Waals surface area contributed by atoms with Crippen LogP contribution in [0.4, 0.5) is 4.79 Å². The van der Waals surface area contributed by atoms with E-state index in [1.807, 2.05) is 0 Å². The second-order valence-electron chi connectivity index (χ2n) is 3.08. The van der Waals surface area contributed by atoms with Crippen LogP contribution in [0.5, 0.6) is 0 Å². The molecule has 1 fully saturated rings. The first-order valence-electron chi connectivity index (χ1n) is 4.26. The minimum atomic E-state index is -0.961. The molecule has 1 heterocycles. The van der Waals surface area contributed by atoms with Gasteiger partial charge in [0.25, 0.3) is 0 Å². The van der Waals surface area contributed by atoms with E-state index in [1.54, 1.807) is 0 Å². The fraction of sp³-hybridized carbons (Fsp3) is 0.333. The highest BCUT2D eigenvalue weighted by Crippen LogP contribution is 2.11. The molecule has 0 aliphatic carbocycles. The van der Waals surface area contributed by atoms with Crippen molar-refractivity contribution < 1.29 is 19.2 Å². The van der Waals surface area contributed by atoms with Crippen molar-refractivity contribution in [3.05, 3.63) is 12.7 Å². The average molecular weight is 210 g/mol. The van der Waals surface area contributed by atoms with E-state index >= 15 is 0 Å². The summed E-state index contributed by atoms with van der Waals surface area (Å²) in [6, 6.07) is -0.764. The zero-order valence-corrected chi connectivity index (χ0v) is 8.23. The maximum absolute atomic E-state index is 11.5. The van der Waals surface area contributed by atoms with Crippen LogP contribution < -0.4 is 0 Å². The molecule has 0 unspecified atom stereocenters. The van der Waals surface area contributed by atoms with Crippen LogP contribution in [0.3, 0.4) is 0 Å². The molecule has 0 aromatic heterocycles. The number of nitrogens with zero attached hydrogens (tertiary/aromatic N) is 2. The monoisotopic (exact) mass is 210 g/mol. The van der Waals surface area contributed by atoms with Crippen LogP contribution in [-0.2, 0) is 14.4 Å². The smallest absolute Gasteiger partial charge is 0.298 e. The molecule has 6 nitrogen and oxygen atoms in total. The van der Waals surface area contributed by atoms with E-state index in [4.69, 9.17) is 0 Å². The molecule has 6 heteroatoms. The number of imide groups is 2. The van der Waals surface area contributed by atoms with Gasteiger partial charge >= 0.3 is 17.8 Å². The molecule has 1 aliphatic rings. The average Bonchev–Trinajstić information content (AvgIpc) is 2.35. The zero-order chi connectivity index (χ0) is 11.6. The number of Topliss-reactive ketones (excluding diaryl/α,β-unsaturated/α-hetero) is 1. The predicted molar refractivity (Wildman–Crippen MR) is 49.7 cm³/mol. The topological polar surface area (TPSA) is 74.8 Å². The van der Waals surface area contributed by atoms with Gasteiger partial charge in [-0.2, -0.15) is 0 Å². The van der Waals surface area contributed by atoms with E-state index in [9.17, 15) is 19.2 Å². The third kappa shape index (κ3) is 1.93. The van der Waals surface area contributed by atoms with Crippen molar-refractivity contribution in [2.75, 3.05) is 13.1 Å². The highest BCUT2D eigenvalue weighted by atomic mass is 16.2. The Kier molecular flexibility index (Phi) is 2.99. The SMILES string of the molecule is C=CCN1C(=O)C(=O)N(CC(C)=O)C1=O. The predicted octanol–water partition coefficient (Wildman–Crippen LogP) is -0.448. The van der Waals surface area contributed by atoms with Gasteiger partial charge in [-0.25, -0.2) is 9.69 Å². The van der Waals surface area contributed by atoms with Gasteiger partial charge in [0.15, 0.2) is 0 Å². The van der Waals surface area contributed by atoms with Crippen molar-refractivity contribution in [3.63, 3.8) is 0 Å². The van der Waals surface area contributed by atoms with Crippen LogP contribution in [0.2, 0.25) is 0 Å². The third-order valence-electron chi connectivity index (χ3n) is 1.83. The summed E-state index contributed by atoms with van der Waals surface area (Å²) in [5, 5.41) is 0. The summed E-state index contributed by atoms with van der Waals surface area (Å²) in [5.41, 5.74) is 0. The summed E-state index contributed by atoms with van der Waals surface area (Å²) in [6.07, 6.45) is 1.33. The molecule has 1 saturated heterocycles. The maximum atomic E-state index is 11.5. The summed E-state index contributed by atoms with van der Waals surface area (Å²) >= 11 is 0. The van der Waals surface area contributed by atoms with Crippen LogP contribution in [0.15, 0.2) is 12.7 Å². The molecule has 0 atom stereocenters. The molecule has 0 bridgehead atoms. The van der Waals surface area contributed by atoms with Gasteiger partial charge in [-0.1, -0.05) is 6.08 Å². The Bertz CT molecular complexity index is 361. The fourth-order valence-electron chi connectivity index (χ4n) is 1.20. The lowest BCUT2D eigenvalue weighted by Gasteiger charge is -2.12. The summed E-state index contributed by atoms with van der Waals surface area (Å²) < 4.78 is 0. The second-order valence-corrected chi connectivity index (χ2v) is 3.08. The second kappa shape index (κ2) is 4.04. The van der Waals surface area contributed by atoms with E-state index in [0.717, 1.165) is 4.90 Å². The van der Waals surface area contributed by atoms with E-state index in [1.165, 1.54) is 13.0 Å². The Balaban J connectivity index is 2.89. The molecule has 0 spiro atoms. The first-order chi connectivity index (χ1) is 6.99. The molecule has 1 rings (SSSR count). The van der Waals surface area contributed by atoms with Crippen molar-refractivity contribution >= 4 is 23.6 Å². The third-order valence-corrected chi connectivity index (χ3v) is 1.83. The molecule has 80 valence electrons. The largest absolute Gasteiger partial charge is 0.334 e. The number of amides is 4. The van der Waals surface area contributed by atoms with Gasteiger partial charge in [-0.3, -0.25) is 19.3 Å². The number of hydrogen-bond donors (Lipinski definition) is 0. The number of ketones is 1. The van der Waals surface area contributed by atoms with Gasteiger partial charge in [-0.05, 0) is 6.92 Å². The number of urea groups is 1. The highest BCUT2D eigenvalue weighted by molar-refractivity contribution is 6.45. The molecular formula is C9H10N2O4. The molecule has 1 aliphatic heterocycles. The van der Waals surface area contributed by atoms with Crippen molar-refractivity contribution in [3.8, 4) is 0 Å². The van der Waals surface area contributed by atoms with Crippen molar-refractivity contribution in [1.82, 2.24) is 9.80 Å².